The van der Waals surface area contributed by atoms with Gasteiger partial charge in [-0.25, -0.2) is 4.98 Å². The molecule has 4 N–H and O–H groups in total. The van der Waals surface area contributed by atoms with E-state index in [1.54, 1.807) is 6.08 Å². The first-order valence-electron chi connectivity index (χ1n) is 6.11. The molecule has 0 atom stereocenters. The maximum atomic E-state index is 9.50. The van der Waals surface area contributed by atoms with Crippen LogP contribution in [0.25, 0.3) is 10.9 Å². The molecular formula is C14H14N4O. The fraction of sp³-hybridized carbons (Fsp3) is 0.143. The number of nitrogen functional groups attached to an aromatic ring is 1. The lowest BCUT2D eigenvalue weighted by atomic mass is 10.1. The van der Waals surface area contributed by atoms with Crippen molar-refractivity contribution in [3.05, 3.63) is 47.9 Å². The van der Waals surface area contributed by atoms with E-state index < -0.39 is 0 Å². The molecule has 0 unspecified atom stereocenters. The van der Waals surface area contributed by atoms with E-state index >= 15 is 0 Å². The van der Waals surface area contributed by atoms with Gasteiger partial charge in [-0.2, -0.15) is 4.98 Å². The van der Waals surface area contributed by atoms with Crippen molar-refractivity contribution < 1.29 is 5.11 Å². The highest BCUT2D eigenvalue weighted by Crippen LogP contribution is 2.21. The molecule has 0 amide bonds. The van der Waals surface area contributed by atoms with Crippen molar-refractivity contribution in [2.45, 2.75) is 12.8 Å². The van der Waals surface area contributed by atoms with E-state index in [1.807, 2.05) is 30.3 Å². The largest absolute Gasteiger partial charge is 0.512 e. The fourth-order valence-corrected chi connectivity index (χ4v) is 2.06. The Morgan fingerprint density at radius 3 is 2.89 bits per heavy atom. The molecule has 1 heterocycles. The summed E-state index contributed by atoms with van der Waals surface area (Å²) in [5.41, 5.74) is 7.50. The summed E-state index contributed by atoms with van der Waals surface area (Å²) >= 11 is 0. The first kappa shape index (κ1) is 11.5. The summed E-state index contributed by atoms with van der Waals surface area (Å²) in [6, 6.07) is 7.59. The number of fused-ring (bicyclic) bond motifs is 1. The first-order chi connectivity index (χ1) is 9.22. The van der Waals surface area contributed by atoms with E-state index in [0.717, 1.165) is 23.0 Å². The van der Waals surface area contributed by atoms with Gasteiger partial charge in [0.25, 0.3) is 0 Å². The van der Waals surface area contributed by atoms with Crippen LogP contribution in [0.2, 0.25) is 0 Å². The van der Waals surface area contributed by atoms with E-state index in [2.05, 4.69) is 15.3 Å². The van der Waals surface area contributed by atoms with Crippen LogP contribution < -0.4 is 11.1 Å². The number of nitrogens with two attached hydrogens (primary N) is 1. The van der Waals surface area contributed by atoms with Crippen LogP contribution in [0.3, 0.4) is 0 Å². The lowest BCUT2D eigenvalue weighted by Crippen LogP contribution is -2.07. The van der Waals surface area contributed by atoms with Gasteiger partial charge in [0.1, 0.15) is 5.82 Å². The minimum absolute atomic E-state index is 0.360. The van der Waals surface area contributed by atoms with Crippen molar-refractivity contribution in [3.8, 4) is 0 Å². The molecule has 1 aromatic heterocycles. The summed E-state index contributed by atoms with van der Waals surface area (Å²) in [6.45, 7) is 0. The topological polar surface area (TPSA) is 84.1 Å². The van der Waals surface area contributed by atoms with E-state index in [1.165, 1.54) is 0 Å². The zero-order chi connectivity index (χ0) is 13.2. The van der Waals surface area contributed by atoms with Gasteiger partial charge in [-0.05, 0) is 24.6 Å². The molecule has 5 heteroatoms. The van der Waals surface area contributed by atoms with Crippen LogP contribution in [0.5, 0.6) is 0 Å². The van der Waals surface area contributed by atoms with Gasteiger partial charge in [-0.15, -0.1) is 0 Å². The molecule has 1 aliphatic rings. The molecule has 5 nitrogen and oxygen atoms in total. The Morgan fingerprint density at radius 2 is 2.05 bits per heavy atom. The molecule has 96 valence electrons. The molecular weight excluding hydrogens is 240 g/mol. The Balaban J connectivity index is 1.96. The Kier molecular flexibility index (Phi) is 2.79. The number of allylic oxidation sites excluding steroid dienone is 3. The molecule has 0 saturated carbocycles. The molecule has 0 spiro atoms. The second-order valence-electron chi connectivity index (χ2n) is 4.41. The number of aromatic nitrogens is 2. The molecule has 1 aromatic carbocycles. The maximum absolute atomic E-state index is 9.50. The normalized spacial score (nSPS) is 14.9. The molecule has 0 fully saturated rings. The predicted octanol–water partition coefficient (Wildman–Crippen LogP) is 2.74. The predicted molar refractivity (Wildman–Crippen MR) is 75.6 cm³/mol. The minimum Gasteiger partial charge on any atom is -0.512 e. The lowest BCUT2D eigenvalue weighted by Gasteiger charge is -2.12. The SMILES string of the molecule is Nc1nc(NC2=CCCC(O)=C2)nc2ccccc12. The van der Waals surface area contributed by atoms with Crippen molar-refractivity contribution in [1.29, 1.82) is 0 Å². The Hall–Kier alpha value is -2.56. The summed E-state index contributed by atoms with van der Waals surface area (Å²) in [4.78, 5) is 8.63. The second kappa shape index (κ2) is 4.61. The van der Waals surface area contributed by atoms with Crippen molar-refractivity contribution in [1.82, 2.24) is 9.97 Å². The van der Waals surface area contributed by atoms with Crippen molar-refractivity contribution in [2.75, 3.05) is 11.1 Å². The monoisotopic (exact) mass is 254 g/mol. The van der Waals surface area contributed by atoms with Crippen LogP contribution in [0.1, 0.15) is 12.8 Å². The van der Waals surface area contributed by atoms with Gasteiger partial charge in [0.15, 0.2) is 0 Å². The van der Waals surface area contributed by atoms with Crippen LogP contribution >= 0.6 is 0 Å². The smallest absolute Gasteiger partial charge is 0.229 e. The van der Waals surface area contributed by atoms with E-state index in [9.17, 15) is 5.11 Å². The third kappa shape index (κ3) is 2.35. The average Bonchev–Trinajstić information content (AvgIpc) is 2.39. The van der Waals surface area contributed by atoms with Crippen LogP contribution in [0.4, 0.5) is 11.8 Å². The van der Waals surface area contributed by atoms with E-state index in [-0.39, 0.29) is 0 Å². The van der Waals surface area contributed by atoms with Crippen LogP contribution in [0, 0.1) is 0 Å². The highest BCUT2D eigenvalue weighted by atomic mass is 16.3. The second-order valence-corrected chi connectivity index (χ2v) is 4.41. The summed E-state index contributed by atoms with van der Waals surface area (Å²) in [5, 5.41) is 13.4. The number of anilines is 2. The standard InChI is InChI=1S/C14H14N4O/c15-13-11-6-1-2-7-12(11)17-14(18-13)16-9-4-3-5-10(19)8-9/h1-2,4,6-8,19H,3,5H2,(H3,15,16,17,18). The quantitative estimate of drug-likeness (QED) is 0.767. The van der Waals surface area contributed by atoms with Crippen molar-refractivity contribution in [2.24, 2.45) is 0 Å². The van der Waals surface area contributed by atoms with Gasteiger partial charge in [-0.1, -0.05) is 18.2 Å². The summed E-state index contributed by atoms with van der Waals surface area (Å²) < 4.78 is 0. The van der Waals surface area contributed by atoms with E-state index in [0.29, 0.717) is 23.9 Å². The number of benzene rings is 1. The molecule has 3 rings (SSSR count). The third-order valence-corrected chi connectivity index (χ3v) is 2.98. The number of rotatable bonds is 2. The van der Waals surface area contributed by atoms with Gasteiger partial charge >= 0.3 is 0 Å². The minimum atomic E-state index is 0.360. The number of aliphatic hydroxyl groups excluding tert-OH is 1. The Morgan fingerprint density at radius 1 is 1.21 bits per heavy atom. The number of hydrogen-bond acceptors (Lipinski definition) is 5. The third-order valence-electron chi connectivity index (χ3n) is 2.98. The summed E-state index contributed by atoms with van der Waals surface area (Å²) in [5.74, 6) is 1.24. The van der Waals surface area contributed by atoms with Crippen LogP contribution in [-0.2, 0) is 0 Å². The van der Waals surface area contributed by atoms with Gasteiger partial charge in [0.2, 0.25) is 5.95 Å². The molecule has 0 aliphatic heterocycles. The molecule has 0 radical (unpaired) electrons. The summed E-state index contributed by atoms with van der Waals surface area (Å²) in [7, 11) is 0. The molecule has 19 heavy (non-hydrogen) atoms. The average molecular weight is 254 g/mol. The Labute approximate surface area is 110 Å². The number of hydrogen-bond donors (Lipinski definition) is 3. The highest BCUT2D eigenvalue weighted by Gasteiger charge is 2.08. The highest BCUT2D eigenvalue weighted by molar-refractivity contribution is 5.88. The number of para-hydroxylation sites is 1. The number of nitrogens with one attached hydrogen (secondary N) is 1. The Bertz CT molecular complexity index is 691. The van der Waals surface area contributed by atoms with Gasteiger partial charge in [0, 0.05) is 17.5 Å². The summed E-state index contributed by atoms with van der Waals surface area (Å²) in [6.07, 6.45) is 5.15. The number of nitrogens with zero attached hydrogens (tertiary/aromatic N) is 2. The molecule has 1 aliphatic carbocycles. The zero-order valence-electron chi connectivity index (χ0n) is 10.3. The molecule has 2 aromatic rings. The fourth-order valence-electron chi connectivity index (χ4n) is 2.06. The van der Waals surface area contributed by atoms with Crippen molar-refractivity contribution >= 4 is 22.7 Å². The first-order valence-corrected chi connectivity index (χ1v) is 6.11. The van der Waals surface area contributed by atoms with Crippen LogP contribution in [0.15, 0.2) is 47.9 Å². The lowest BCUT2D eigenvalue weighted by molar-refractivity contribution is 0.386. The van der Waals surface area contributed by atoms with E-state index in [4.69, 9.17) is 5.73 Å². The number of aliphatic hydroxyl groups is 1. The van der Waals surface area contributed by atoms with Gasteiger partial charge in [0.05, 0.1) is 11.3 Å². The van der Waals surface area contributed by atoms with Crippen LogP contribution in [-0.4, -0.2) is 15.1 Å². The van der Waals surface area contributed by atoms with Gasteiger partial charge < -0.3 is 16.2 Å². The maximum Gasteiger partial charge on any atom is 0.229 e. The molecule has 0 bridgehead atoms. The zero-order valence-corrected chi connectivity index (χ0v) is 10.3. The molecule has 0 saturated heterocycles. The van der Waals surface area contributed by atoms with Crippen molar-refractivity contribution in [3.63, 3.8) is 0 Å². The van der Waals surface area contributed by atoms with Gasteiger partial charge in [-0.3, -0.25) is 0 Å².